The van der Waals surface area contributed by atoms with Crippen LogP contribution in [-0.4, -0.2) is 76.2 Å². The maximum absolute atomic E-state index is 12.2. The Bertz CT molecular complexity index is 1780. The van der Waals surface area contributed by atoms with Crippen LogP contribution in [0.2, 0.25) is 0 Å². The zero-order valence-electron chi connectivity index (χ0n) is 27.2. The average molecular weight is 667 g/mol. The number of amides is 2. The molecule has 0 unspecified atom stereocenters. The molecule has 0 spiro atoms. The number of aryl methyl sites for hydroxylation is 3. The van der Waals surface area contributed by atoms with Crippen LogP contribution >= 0.6 is 0 Å². The van der Waals surface area contributed by atoms with Gasteiger partial charge in [0.25, 0.3) is 23.9 Å². The lowest BCUT2D eigenvalue weighted by Gasteiger charge is -2.08. The number of hydrogen-bond acceptors (Lipinski definition) is 13. The van der Waals surface area contributed by atoms with Crippen LogP contribution in [0.4, 0.5) is 11.4 Å². The molecule has 0 saturated carbocycles. The Balaban J connectivity index is 0.000000191. The summed E-state index contributed by atoms with van der Waals surface area (Å²) in [4.78, 5) is 48.8. The minimum atomic E-state index is -0.341. The highest BCUT2D eigenvalue weighted by atomic mass is 16.5. The zero-order chi connectivity index (χ0) is 34.6. The third kappa shape index (κ3) is 10.4. The van der Waals surface area contributed by atoms with Crippen LogP contribution in [0, 0.1) is 6.92 Å². The lowest BCUT2D eigenvalue weighted by molar-refractivity contribution is 0.101. The Labute approximate surface area is 283 Å². The summed E-state index contributed by atoms with van der Waals surface area (Å²) in [6.07, 6.45) is 9.36. The van der Waals surface area contributed by atoms with Crippen LogP contribution in [0.1, 0.15) is 50.6 Å². The summed E-state index contributed by atoms with van der Waals surface area (Å²) in [6, 6.07) is 16.1. The molecule has 4 heterocycles. The monoisotopic (exact) mass is 666 g/mol. The lowest BCUT2D eigenvalue weighted by Crippen LogP contribution is -2.14. The molecule has 49 heavy (non-hydrogen) atoms. The maximum Gasteiger partial charge on any atom is 0.282 e. The first-order valence-electron chi connectivity index (χ1n) is 15.6. The molecule has 4 aromatic rings. The molecule has 6 N–H and O–H groups in total. The third-order valence-electron chi connectivity index (χ3n) is 7.49. The Morgan fingerprint density at radius 3 is 1.73 bits per heavy atom. The normalized spacial score (nSPS) is 16.2. The highest BCUT2D eigenvalue weighted by Gasteiger charge is 2.17. The van der Waals surface area contributed by atoms with Gasteiger partial charge in [-0.15, -0.1) is 0 Å². The summed E-state index contributed by atoms with van der Waals surface area (Å²) in [7, 11) is 1.47. The standard InChI is InChI=1S/C17H19N5O3.C17H19N5O2/c1-24-15-9-19-8-14(22-15)16(23)20-12-5-2-11(3-6-12)4-7-13-10-25-17(18)21-13;1-11-8-20-15(9-19-11)16(23)21-13-5-2-12(3-6-13)4-7-14-10-24-17(18)22-14/h2-3,5-6,8-9,13H,4,7,10H2,1H3,(H2,18,21)(H,20,23);2-3,5-6,8-9,14H,4,7,10H2,1H3,(H2,18,22)(H,21,23)/t13-;14-/m00/s1. The molecular formula is C34H38N10O5. The predicted molar refractivity (Wildman–Crippen MR) is 184 cm³/mol. The second-order valence-electron chi connectivity index (χ2n) is 11.2. The van der Waals surface area contributed by atoms with E-state index in [1.807, 2.05) is 55.5 Å². The molecule has 0 radical (unpaired) electrons. The van der Waals surface area contributed by atoms with Crippen LogP contribution in [0.15, 0.2) is 83.3 Å². The van der Waals surface area contributed by atoms with Gasteiger partial charge in [0.15, 0.2) is 5.69 Å². The lowest BCUT2D eigenvalue weighted by atomic mass is 10.1. The highest BCUT2D eigenvalue weighted by Crippen LogP contribution is 2.17. The fourth-order valence-corrected chi connectivity index (χ4v) is 4.80. The van der Waals surface area contributed by atoms with Crippen LogP contribution < -0.4 is 26.8 Å². The van der Waals surface area contributed by atoms with Gasteiger partial charge in [0, 0.05) is 17.6 Å². The predicted octanol–water partition coefficient (Wildman–Crippen LogP) is 3.07. The van der Waals surface area contributed by atoms with Crippen molar-refractivity contribution < 1.29 is 23.8 Å². The van der Waals surface area contributed by atoms with E-state index in [9.17, 15) is 9.59 Å². The fourth-order valence-electron chi connectivity index (χ4n) is 4.80. The van der Waals surface area contributed by atoms with Crippen molar-refractivity contribution in [2.24, 2.45) is 21.5 Å². The Morgan fingerprint density at radius 1 is 0.755 bits per heavy atom. The first kappa shape index (κ1) is 34.2. The number of carbonyl (C=O) groups excluding carboxylic acids is 2. The summed E-state index contributed by atoms with van der Waals surface area (Å²) in [5.74, 6) is -0.322. The van der Waals surface area contributed by atoms with Crippen molar-refractivity contribution in [2.45, 2.75) is 44.7 Å². The van der Waals surface area contributed by atoms with Crippen molar-refractivity contribution in [3.8, 4) is 5.88 Å². The van der Waals surface area contributed by atoms with Crippen molar-refractivity contribution in [1.82, 2.24) is 19.9 Å². The Kier molecular flexibility index (Phi) is 11.6. The largest absolute Gasteiger partial charge is 0.480 e. The molecule has 2 aromatic carbocycles. The van der Waals surface area contributed by atoms with E-state index in [0.717, 1.165) is 42.6 Å². The molecule has 2 aliphatic heterocycles. The molecule has 0 fully saturated rings. The smallest absolute Gasteiger partial charge is 0.282 e. The Hall–Kier alpha value is -6.12. The van der Waals surface area contributed by atoms with Crippen molar-refractivity contribution in [1.29, 1.82) is 0 Å². The number of ether oxygens (including phenoxy) is 3. The van der Waals surface area contributed by atoms with Crippen LogP contribution in [-0.2, 0) is 22.3 Å². The summed E-state index contributed by atoms with van der Waals surface area (Å²) < 4.78 is 15.2. The van der Waals surface area contributed by atoms with Crippen molar-refractivity contribution in [3.63, 3.8) is 0 Å². The van der Waals surface area contributed by atoms with E-state index in [2.05, 4.69) is 40.6 Å². The van der Waals surface area contributed by atoms with Gasteiger partial charge in [0.1, 0.15) is 18.9 Å². The van der Waals surface area contributed by atoms with Gasteiger partial charge in [0.05, 0.1) is 43.5 Å². The number of nitrogens with one attached hydrogen (secondary N) is 2. The van der Waals surface area contributed by atoms with Crippen LogP contribution in [0.25, 0.3) is 0 Å². The van der Waals surface area contributed by atoms with E-state index < -0.39 is 0 Å². The van der Waals surface area contributed by atoms with Gasteiger partial charge in [-0.1, -0.05) is 24.3 Å². The number of hydrogen-bond donors (Lipinski definition) is 4. The number of benzene rings is 2. The fraction of sp³-hybridized carbons (Fsp3) is 0.294. The average Bonchev–Trinajstić information content (AvgIpc) is 3.75. The number of aromatic nitrogens is 4. The second-order valence-corrected chi connectivity index (χ2v) is 11.2. The summed E-state index contributed by atoms with van der Waals surface area (Å²) >= 11 is 0. The van der Waals surface area contributed by atoms with Gasteiger partial charge in [-0.05, 0) is 68.0 Å². The molecule has 0 saturated heterocycles. The first-order chi connectivity index (χ1) is 23.7. The minimum Gasteiger partial charge on any atom is -0.480 e. The SMILES string of the molecule is COc1cncc(C(=O)Nc2ccc(CC[C@H]3COC(N)=N3)cc2)n1.Cc1cnc(C(=O)Nc2ccc(CC[C@H]3COC(N)=N3)cc2)cn1. The number of aliphatic imine (C=N–C) groups is 2. The van der Waals surface area contributed by atoms with Gasteiger partial charge >= 0.3 is 0 Å². The highest BCUT2D eigenvalue weighted by molar-refractivity contribution is 6.03. The number of methoxy groups -OCH3 is 1. The third-order valence-corrected chi connectivity index (χ3v) is 7.49. The molecule has 2 amide bonds. The summed E-state index contributed by atoms with van der Waals surface area (Å²) in [5.41, 5.74) is 16.0. The maximum atomic E-state index is 12.2. The molecule has 2 atom stereocenters. The Morgan fingerprint density at radius 2 is 1.29 bits per heavy atom. The summed E-state index contributed by atoms with van der Waals surface area (Å²) in [6.45, 7) is 2.92. The number of anilines is 2. The molecule has 2 aliphatic rings. The van der Waals surface area contributed by atoms with Gasteiger partial charge in [0.2, 0.25) is 5.88 Å². The van der Waals surface area contributed by atoms with Crippen molar-refractivity contribution in [3.05, 3.63) is 102 Å². The van der Waals surface area contributed by atoms with E-state index >= 15 is 0 Å². The van der Waals surface area contributed by atoms with Crippen LogP contribution in [0.5, 0.6) is 5.88 Å². The number of rotatable bonds is 11. The topological polar surface area (TPSA) is 214 Å². The quantitative estimate of drug-likeness (QED) is 0.182. The van der Waals surface area contributed by atoms with E-state index in [-0.39, 0.29) is 41.6 Å². The molecule has 2 aromatic heterocycles. The summed E-state index contributed by atoms with van der Waals surface area (Å²) in [5, 5.41) is 5.59. The first-order valence-corrected chi connectivity index (χ1v) is 15.6. The van der Waals surface area contributed by atoms with Gasteiger partial charge in [-0.3, -0.25) is 19.6 Å². The number of carbonyl (C=O) groups is 2. The van der Waals surface area contributed by atoms with E-state index in [0.29, 0.717) is 30.5 Å². The molecule has 0 bridgehead atoms. The molecule has 6 rings (SSSR count). The van der Waals surface area contributed by atoms with Crippen molar-refractivity contribution in [2.75, 3.05) is 31.0 Å². The minimum absolute atomic E-state index is 0.117. The molecular weight excluding hydrogens is 628 g/mol. The molecule has 0 aliphatic carbocycles. The van der Waals surface area contributed by atoms with Gasteiger partial charge in [-0.25, -0.2) is 20.0 Å². The van der Waals surface area contributed by atoms with E-state index in [1.165, 1.54) is 31.3 Å². The number of nitrogens with zero attached hydrogens (tertiary/aromatic N) is 6. The van der Waals surface area contributed by atoms with Crippen molar-refractivity contribution >= 4 is 35.2 Å². The van der Waals surface area contributed by atoms with E-state index in [4.69, 9.17) is 25.7 Å². The molecule has 15 nitrogen and oxygen atoms in total. The second kappa shape index (κ2) is 16.6. The van der Waals surface area contributed by atoms with Gasteiger partial charge in [-0.2, -0.15) is 0 Å². The molecule has 15 heteroatoms. The zero-order valence-corrected chi connectivity index (χ0v) is 27.2. The van der Waals surface area contributed by atoms with Gasteiger partial charge < -0.3 is 36.3 Å². The molecule has 254 valence electrons. The van der Waals surface area contributed by atoms with Crippen LogP contribution in [0.3, 0.4) is 0 Å². The number of nitrogens with two attached hydrogens (primary N) is 2. The van der Waals surface area contributed by atoms with E-state index in [1.54, 1.807) is 6.20 Å². The number of amidine groups is 2.